The van der Waals surface area contributed by atoms with E-state index in [1.54, 1.807) is 11.4 Å². The summed E-state index contributed by atoms with van der Waals surface area (Å²) in [4.78, 5) is 23.6. The molecule has 0 aliphatic heterocycles. The molecule has 0 saturated heterocycles. The van der Waals surface area contributed by atoms with Gasteiger partial charge < -0.3 is 10.4 Å². The molecular formula is C16H16FNO3S. The lowest BCUT2D eigenvalue weighted by atomic mass is 10.0. The zero-order valence-electron chi connectivity index (χ0n) is 12.2. The smallest absolute Gasteiger partial charge is 0.338 e. The first kappa shape index (κ1) is 16.2. The summed E-state index contributed by atoms with van der Waals surface area (Å²) in [5.74, 6) is -2.10. The number of nitrogens with one attached hydrogen (secondary N) is 1. The lowest BCUT2D eigenvalue weighted by molar-refractivity contribution is 0.0697. The van der Waals surface area contributed by atoms with Crippen molar-refractivity contribution < 1.29 is 19.1 Å². The molecule has 6 heteroatoms. The Morgan fingerprint density at radius 1 is 1.32 bits per heavy atom. The third-order valence-electron chi connectivity index (χ3n) is 3.05. The van der Waals surface area contributed by atoms with Gasteiger partial charge in [-0.25, -0.2) is 9.18 Å². The Morgan fingerprint density at radius 2 is 2.00 bits per heavy atom. The molecule has 2 N–H and O–H groups in total. The second-order valence-corrected chi connectivity index (χ2v) is 6.18. The highest BCUT2D eigenvalue weighted by Crippen LogP contribution is 2.30. The van der Waals surface area contributed by atoms with Crippen LogP contribution in [0.15, 0.2) is 29.6 Å². The van der Waals surface area contributed by atoms with Gasteiger partial charge in [-0.15, -0.1) is 11.3 Å². The lowest BCUT2D eigenvalue weighted by Crippen LogP contribution is -2.15. The topological polar surface area (TPSA) is 66.4 Å². The minimum absolute atomic E-state index is 0.0865. The molecule has 0 aliphatic carbocycles. The van der Waals surface area contributed by atoms with E-state index < -0.39 is 17.7 Å². The molecule has 0 saturated carbocycles. The fraction of sp³-hybridized carbons (Fsp3) is 0.250. The molecule has 2 aromatic rings. The van der Waals surface area contributed by atoms with E-state index in [0.29, 0.717) is 17.9 Å². The molecule has 1 aromatic heterocycles. The molecule has 1 heterocycles. The van der Waals surface area contributed by atoms with Gasteiger partial charge in [0.05, 0.1) is 11.1 Å². The summed E-state index contributed by atoms with van der Waals surface area (Å²) in [6.45, 7) is 3.97. The third kappa shape index (κ3) is 3.51. The van der Waals surface area contributed by atoms with Crippen LogP contribution in [-0.4, -0.2) is 17.0 Å². The normalized spacial score (nSPS) is 10.7. The van der Waals surface area contributed by atoms with Crippen molar-refractivity contribution in [2.45, 2.75) is 20.3 Å². The van der Waals surface area contributed by atoms with E-state index in [2.05, 4.69) is 5.32 Å². The fourth-order valence-corrected chi connectivity index (χ4v) is 3.09. The SMILES string of the molecule is CC(C)Cc1csc(NC(=O)c2ccccc2F)c1C(=O)O. The summed E-state index contributed by atoms with van der Waals surface area (Å²) in [6.07, 6.45) is 0.605. The Morgan fingerprint density at radius 3 is 2.59 bits per heavy atom. The van der Waals surface area contributed by atoms with E-state index in [0.717, 1.165) is 11.3 Å². The standard InChI is InChI=1S/C16H16FNO3S/c1-9(2)7-10-8-22-15(13(10)16(20)21)18-14(19)11-5-3-4-6-12(11)17/h3-6,8-9H,7H2,1-2H3,(H,18,19)(H,20,21). The predicted molar refractivity (Wildman–Crippen MR) is 84.2 cm³/mol. The molecule has 0 spiro atoms. The van der Waals surface area contributed by atoms with E-state index in [-0.39, 0.29) is 16.1 Å². The highest BCUT2D eigenvalue weighted by Gasteiger charge is 2.21. The Hall–Kier alpha value is -2.21. The van der Waals surface area contributed by atoms with Gasteiger partial charge in [0.25, 0.3) is 5.91 Å². The first-order valence-corrected chi connectivity index (χ1v) is 7.67. The van der Waals surface area contributed by atoms with Gasteiger partial charge in [-0.1, -0.05) is 26.0 Å². The van der Waals surface area contributed by atoms with E-state index in [1.165, 1.54) is 18.2 Å². The molecule has 1 amide bonds. The summed E-state index contributed by atoms with van der Waals surface area (Å²) in [5.41, 5.74) is 0.650. The molecule has 0 aliphatic rings. The van der Waals surface area contributed by atoms with Gasteiger partial charge in [0.15, 0.2) is 0 Å². The molecule has 116 valence electrons. The Bertz CT molecular complexity index is 709. The molecule has 0 unspecified atom stereocenters. The van der Waals surface area contributed by atoms with Crippen molar-refractivity contribution in [3.63, 3.8) is 0 Å². The van der Waals surface area contributed by atoms with Crippen molar-refractivity contribution in [3.8, 4) is 0 Å². The number of anilines is 1. The summed E-state index contributed by atoms with van der Waals surface area (Å²) in [5, 5.41) is 13.8. The van der Waals surface area contributed by atoms with Gasteiger partial charge in [-0.05, 0) is 35.4 Å². The monoisotopic (exact) mass is 321 g/mol. The first-order chi connectivity index (χ1) is 10.4. The van der Waals surface area contributed by atoms with Crippen molar-refractivity contribution in [3.05, 3.63) is 52.2 Å². The number of halogens is 1. The van der Waals surface area contributed by atoms with Crippen molar-refractivity contribution in [2.75, 3.05) is 5.32 Å². The zero-order chi connectivity index (χ0) is 16.3. The molecule has 0 atom stereocenters. The Labute approximate surface area is 131 Å². The number of hydrogen-bond acceptors (Lipinski definition) is 3. The van der Waals surface area contributed by atoms with Gasteiger partial charge in [0, 0.05) is 0 Å². The van der Waals surface area contributed by atoms with Crippen molar-refractivity contribution in [1.82, 2.24) is 0 Å². The average Bonchev–Trinajstić information content (AvgIpc) is 2.81. The van der Waals surface area contributed by atoms with Crippen LogP contribution >= 0.6 is 11.3 Å². The molecule has 2 rings (SSSR count). The minimum Gasteiger partial charge on any atom is -0.478 e. The van der Waals surface area contributed by atoms with E-state index in [4.69, 9.17) is 0 Å². The second kappa shape index (κ2) is 6.70. The van der Waals surface area contributed by atoms with E-state index >= 15 is 0 Å². The van der Waals surface area contributed by atoms with Crippen molar-refractivity contribution in [1.29, 1.82) is 0 Å². The molecular weight excluding hydrogens is 305 g/mol. The quantitative estimate of drug-likeness (QED) is 0.873. The van der Waals surface area contributed by atoms with Gasteiger partial charge in [0.1, 0.15) is 10.8 Å². The summed E-state index contributed by atoms with van der Waals surface area (Å²) < 4.78 is 13.6. The van der Waals surface area contributed by atoms with Gasteiger partial charge in [0.2, 0.25) is 0 Å². The summed E-state index contributed by atoms with van der Waals surface area (Å²) in [7, 11) is 0. The van der Waals surface area contributed by atoms with Crippen LogP contribution in [0.4, 0.5) is 9.39 Å². The van der Waals surface area contributed by atoms with Crippen LogP contribution < -0.4 is 5.32 Å². The number of thiophene rings is 1. The van der Waals surface area contributed by atoms with Gasteiger partial charge >= 0.3 is 5.97 Å². The van der Waals surface area contributed by atoms with Crippen LogP contribution in [-0.2, 0) is 6.42 Å². The number of aromatic carboxylic acids is 1. The van der Waals surface area contributed by atoms with Crippen LogP contribution in [0, 0.1) is 11.7 Å². The molecule has 22 heavy (non-hydrogen) atoms. The minimum atomic E-state index is -1.10. The number of carboxylic acid groups (broad SMARTS) is 1. The van der Waals surface area contributed by atoms with Gasteiger partial charge in [-0.3, -0.25) is 4.79 Å². The molecule has 0 radical (unpaired) electrons. The van der Waals surface area contributed by atoms with Crippen LogP contribution in [0.25, 0.3) is 0 Å². The summed E-state index contributed by atoms with van der Waals surface area (Å²) in [6, 6.07) is 5.58. The number of rotatable bonds is 5. The average molecular weight is 321 g/mol. The molecule has 1 aromatic carbocycles. The Kier molecular flexibility index (Phi) is 4.92. The molecule has 0 fully saturated rings. The maximum atomic E-state index is 13.6. The highest BCUT2D eigenvalue weighted by molar-refractivity contribution is 7.15. The van der Waals surface area contributed by atoms with Crippen LogP contribution in [0.3, 0.4) is 0 Å². The lowest BCUT2D eigenvalue weighted by Gasteiger charge is -2.07. The van der Waals surface area contributed by atoms with Crippen LogP contribution in [0.5, 0.6) is 0 Å². The number of carbonyl (C=O) groups is 2. The predicted octanol–water partition coefficient (Wildman–Crippen LogP) is 4.04. The highest BCUT2D eigenvalue weighted by atomic mass is 32.1. The zero-order valence-corrected chi connectivity index (χ0v) is 13.0. The number of benzene rings is 1. The van der Waals surface area contributed by atoms with Crippen LogP contribution in [0.2, 0.25) is 0 Å². The van der Waals surface area contributed by atoms with Crippen molar-refractivity contribution in [2.24, 2.45) is 5.92 Å². The van der Waals surface area contributed by atoms with Crippen LogP contribution in [0.1, 0.15) is 40.1 Å². The largest absolute Gasteiger partial charge is 0.478 e. The number of carbonyl (C=O) groups excluding carboxylic acids is 1. The second-order valence-electron chi connectivity index (χ2n) is 5.30. The third-order valence-corrected chi connectivity index (χ3v) is 4.00. The number of carboxylic acids is 1. The Balaban J connectivity index is 2.30. The van der Waals surface area contributed by atoms with Gasteiger partial charge in [-0.2, -0.15) is 0 Å². The maximum Gasteiger partial charge on any atom is 0.338 e. The molecule has 4 nitrogen and oxygen atoms in total. The number of amides is 1. The number of hydrogen-bond donors (Lipinski definition) is 2. The van der Waals surface area contributed by atoms with Crippen molar-refractivity contribution >= 4 is 28.2 Å². The van der Waals surface area contributed by atoms with E-state index in [1.807, 2.05) is 13.8 Å². The maximum absolute atomic E-state index is 13.6. The van der Waals surface area contributed by atoms with E-state index in [9.17, 15) is 19.1 Å². The first-order valence-electron chi connectivity index (χ1n) is 6.79. The fourth-order valence-electron chi connectivity index (χ4n) is 2.13. The molecule has 0 bridgehead atoms. The summed E-state index contributed by atoms with van der Waals surface area (Å²) >= 11 is 1.14.